The first-order valence-electron chi connectivity index (χ1n) is 10.7. The molecule has 0 radical (unpaired) electrons. The number of aromatic nitrogens is 2. The molecule has 0 unspecified atom stereocenters. The Morgan fingerprint density at radius 1 is 1.42 bits per heavy atom. The average Bonchev–Trinajstić information content (AvgIpc) is 3.42. The van der Waals surface area contributed by atoms with Crippen molar-refractivity contribution in [2.75, 3.05) is 11.5 Å². The monoisotopic (exact) mass is 533 g/mol. The number of rotatable bonds is 8. The maximum absolute atomic E-state index is 13.2. The first kappa shape index (κ1) is 24.0. The summed E-state index contributed by atoms with van der Waals surface area (Å²) < 4.78 is 18.0. The number of nitrogen functional groups attached to an aromatic ring is 1. The molecule has 5 rings (SSSR count). The second-order valence-electron chi connectivity index (χ2n) is 8.40. The van der Waals surface area contributed by atoms with Crippen LogP contribution in [0.4, 0.5) is 5.13 Å². The van der Waals surface area contributed by atoms with Gasteiger partial charge in [0.25, 0.3) is 5.72 Å². The molecule has 188 valence electrons. The smallest absolute Gasteiger partial charge is 0.370 e. The summed E-state index contributed by atoms with van der Waals surface area (Å²) in [6.45, 7) is 0.0148. The van der Waals surface area contributed by atoms with Crippen molar-refractivity contribution in [3.05, 3.63) is 41.2 Å². The molecular weight excluding hydrogens is 514 g/mol. The standard InChI is InChI=1S/C21H19N5O8S2/c22-20-24-13(8-35-20)16(25-33-7-10-2-1-3-23-6-10)14(27)5-12-17(29)26-18(12)36(32)9-11-4-15(28)34-21(11,26)19(30)31/h1-3,6,8,11-12,18H,4-5,7,9H2,(H2,22,24)(H,30,31)/b25-16-/t11-,12+,18+,21+,36-/m0/s1. The van der Waals surface area contributed by atoms with E-state index in [4.69, 9.17) is 15.3 Å². The summed E-state index contributed by atoms with van der Waals surface area (Å²) in [6.07, 6.45) is 2.48. The molecule has 2 aromatic rings. The van der Waals surface area contributed by atoms with Crippen LogP contribution in [0, 0.1) is 11.8 Å². The van der Waals surface area contributed by atoms with Gasteiger partial charge in [0.1, 0.15) is 17.7 Å². The molecule has 0 bridgehead atoms. The predicted molar refractivity (Wildman–Crippen MR) is 123 cm³/mol. The number of carbonyl (C=O) groups excluding carboxylic acids is 3. The number of hydrogen-bond acceptors (Lipinski definition) is 12. The van der Waals surface area contributed by atoms with E-state index < -0.39 is 63.8 Å². The van der Waals surface area contributed by atoms with E-state index in [1.54, 1.807) is 24.5 Å². The van der Waals surface area contributed by atoms with Crippen LogP contribution in [-0.4, -0.2) is 70.4 Å². The molecular formula is C21H19N5O8S2. The highest BCUT2D eigenvalue weighted by molar-refractivity contribution is 7.85. The minimum absolute atomic E-state index is 0.0148. The summed E-state index contributed by atoms with van der Waals surface area (Å²) in [5.41, 5.74) is 4.16. The summed E-state index contributed by atoms with van der Waals surface area (Å²) in [5.74, 6) is -5.83. The number of amides is 1. The topological polar surface area (TPSA) is 191 Å². The van der Waals surface area contributed by atoms with Crippen molar-refractivity contribution < 1.29 is 38.1 Å². The fourth-order valence-electron chi connectivity index (χ4n) is 4.63. The van der Waals surface area contributed by atoms with Gasteiger partial charge in [0.2, 0.25) is 5.91 Å². The van der Waals surface area contributed by atoms with Crippen molar-refractivity contribution in [1.29, 1.82) is 0 Å². The molecule has 36 heavy (non-hydrogen) atoms. The van der Waals surface area contributed by atoms with E-state index >= 15 is 0 Å². The van der Waals surface area contributed by atoms with Crippen LogP contribution in [0.15, 0.2) is 35.1 Å². The zero-order chi connectivity index (χ0) is 25.6. The SMILES string of the molecule is Nc1nc(/C(=N/OCc2cccnc2)C(=O)C[C@@H]2C(=O)N3[C@@H]2[S@@](=O)C[C@@H]2CC(=O)O[C@@]23C(=O)O)cs1. The van der Waals surface area contributed by atoms with Gasteiger partial charge in [-0.05, 0) is 6.07 Å². The van der Waals surface area contributed by atoms with Gasteiger partial charge in [0.15, 0.2) is 16.6 Å². The number of ether oxygens (including phenoxy) is 1. The number of nitrogens with zero attached hydrogens (tertiary/aromatic N) is 4. The number of pyridine rings is 1. The Morgan fingerprint density at radius 2 is 2.22 bits per heavy atom. The van der Waals surface area contributed by atoms with Crippen molar-refractivity contribution in [1.82, 2.24) is 14.9 Å². The molecule has 0 aromatic carbocycles. The first-order valence-corrected chi connectivity index (χ1v) is 13.0. The minimum Gasteiger partial charge on any atom is -0.477 e. The van der Waals surface area contributed by atoms with Gasteiger partial charge >= 0.3 is 11.9 Å². The number of β-lactam (4-membered cyclic amide) rings is 1. The number of carboxylic acid groups (broad SMARTS) is 1. The zero-order valence-corrected chi connectivity index (χ0v) is 20.1. The largest absolute Gasteiger partial charge is 0.477 e. The molecule has 5 heterocycles. The Bertz CT molecular complexity index is 1310. The zero-order valence-electron chi connectivity index (χ0n) is 18.4. The molecule has 3 fully saturated rings. The number of aliphatic carboxylic acids is 1. The first-order chi connectivity index (χ1) is 17.2. The maximum atomic E-state index is 13.2. The molecule has 1 amide bonds. The van der Waals surface area contributed by atoms with Crippen LogP contribution in [-0.2, 0) is 46.2 Å². The van der Waals surface area contributed by atoms with E-state index in [2.05, 4.69) is 15.1 Å². The van der Waals surface area contributed by atoms with E-state index in [0.29, 0.717) is 5.56 Å². The van der Waals surface area contributed by atoms with Gasteiger partial charge in [-0.3, -0.25) is 28.5 Å². The second-order valence-corrected chi connectivity index (χ2v) is 10.9. The van der Waals surface area contributed by atoms with Crippen molar-refractivity contribution in [2.24, 2.45) is 17.0 Å². The molecule has 3 N–H and O–H groups in total. The van der Waals surface area contributed by atoms with Gasteiger partial charge in [-0.1, -0.05) is 11.2 Å². The van der Waals surface area contributed by atoms with Crippen LogP contribution in [0.3, 0.4) is 0 Å². The fraction of sp³-hybridized carbons (Fsp3) is 0.381. The summed E-state index contributed by atoms with van der Waals surface area (Å²) in [4.78, 5) is 64.5. The Labute approximate surface area is 209 Å². The fourth-order valence-corrected chi connectivity index (χ4v) is 7.19. The van der Waals surface area contributed by atoms with E-state index in [0.717, 1.165) is 16.2 Å². The van der Waals surface area contributed by atoms with Crippen LogP contribution in [0.25, 0.3) is 0 Å². The summed E-state index contributed by atoms with van der Waals surface area (Å²) in [7, 11) is -1.70. The maximum Gasteiger partial charge on any atom is 0.370 e. The molecule has 13 nitrogen and oxygen atoms in total. The number of hydrogen-bond donors (Lipinski definition) is 2. The lowest BCUT2D eigenvalue weighted by Crippen LogP contribution is -2.78. The molecule has 2 aromatic heterocycles. The number of nitrogens with two attached hydrogens (primary N) is 1. The molecule has 0 aliphatic carbocycles. The summed E-state index contributed by atoms with van der Waals surface area (Å²) >= 11 is 1.08. The highest BCUT2D eigenvalue weighted by Gasteiger charge is 2.72. The Kier molecular flexibility index (Phi) is 6.04. The molecule has 3 saturated heterocycles. The predicted octanol–water partition coefficient (Wildman–Crippen LogP) is -0.109. The molecule has 5 atom stereocenters. The summed E-state index contributed by atoms with van der Waals surface area (Å²) in [5, 5.41) is 14.4. The number of thiazole rings is 1. The van der Waals surface area contributed by atoms with Crippen molar-refractivity contribution >= 4 is 56.6 Å². The lowest BCUT2D eigenvalue weighted by Gasteiger charge is -2.56. The Morgan fingerprint density at radius 3 is 2.89 bits per heavy atom. The van der Waals surface area contributed by atoms with Gasteiger partial charge in [0.05, 0.1) is 18.3 Å². The lowest BCUT2D eigenvalue weighted by atomic mass is 9.84. The summed E-state index contributed by atoms with van der Waals surface area (Å²) in [6, 6.07) is 3.47. The highest BCUT2D eigenvalue weighted by Crippen LogP contribution is 2.50. The van der Waals surface area contributed by atoms with E-state index in [1.807, 2.05) is 0 Å². The van der Waals surface area contributed by atoms with Crippen LogP contribution in [0.2, 0.25) is 0 Å². The second kappa shape index (κ2) is 9.05. The van der Waals surface area contributed by atoms with E-state index in [1.165, 1.54) is 5.38 Å². The third kappa shape index (κ3) is 3.83. The molecule has 0 saturated carbocycles. The number of Topliss-reactive ketones (excluding diaryl/α,β-unsaturated/α-hetero) is 1. The minimum atomic E-state index is -2.21. The number of carbonyl (C=O) groups is 4. The lowest BCUT2D eigenvalue weighted by molar-refractivity contribution is -0.220. The van der Waals surface area contributed by atoms with Gasteiger partial charge in [-0.15, -0.1) is 11.3 Å². The van der Waals surface area contributed by atoms with Gasteiger partial charge in [-0.25, -0.2) is 9.78 Å². The molecule has 0 spiro atoms. The normalized spacial score (nSPS) is 29.1. The van der Waals surface area contributed by atoms with Crippen LogP contribution in [0.1, 0.15) is 24.1 Å². The highest BCUT2D eigenvalue weighted by atomic mass is 32.2. The van der Waals surface area contributed by atoms with Crippen LogP contribution >= 0.6 is 11.3 Å². The van der Waals surface area contributed by atoms with Crippen LogP contribution < -0.4 is 5.73 Å². The number of anilines is 1. The van der Waals surface area contributed by atoms with Crippen LogP contribution in [0.5, 0.6) is 0 Å². The third-order valence-electron chi connectivity index (χ3n) is 6.23. The molecule has 15 heteroatoms. The van der Waals surface area contributed by atoms with Gasteiger partial charge < -0.3 is 20.4 Å². The van der Waals surface area contributed by atoms with Crippen molar-refractivity contribution in [3.8, 4) is 0 Å². The average molecular weight is 534 g/mol. The van der Waals surface area contributed by atoms with Gasteiger partial charge in [-0.2, -0.15) is 0 Å². The van der Waals surface area contributed by atoms with E-state index in [-0.39, 0.29) is 35.3 Å². The van der Waals surface area contributed by atoms with Crippen molar-refractivity contribution in [3.63, 3.8) is 0 Å². The molecule has 3 aliphatic heterocycles. The van der Waals surface area contributed by atoms with Crippen molar-refractivity contribution in [2.45, 2.75) is 30.5 Å². The quantitative estimate of drug-likeness (QED) is 0.199. The number of carboxylic acids is 1. The van der Waals surface area contributed by atoms with E-state index in [9.17, 15) is 28.5 Å². The Hall–Kier alpha value is -3.72. The third-order valence-corrected chi connectivity index (χ3v) is 8.71. The number of ketones is 1. The Balaban J connectivity index is 1.37. The number of fused-ring (bicyclic) bond motifs is 3. The number of esters is 1. The van der Waals surface area contributed by atoms with Gasteiger partial charge in [0, 0.05) is 46.3 Å². The molecule has 3 aliphatic rings. The number of oxime groups is 1.